The molecule has 4 bridgehead atoms. The summed E-state index contributed by atoms with van der Waals surface area (Å²) >= 11 is 0. The van der Waals surface area contributed by atoms with E-state index in [1.165, 1.54) is 31.4 Å². The molecule has 4 aliphatic carbocycles. The Morgan fingerprint density at radius 1 is 1.00 bits per heavy atom. The number of hydrogen-bond acceptors (Lipinski definition) is 2. The zero-order valence-electron chi connectivity index (χ0n) is 17.6. The number of carbonyl (C=O) groups excluding carboxylic acids is 2. The van der Waals surface area contributed by atoms with Crippen LogP contribution in [0.3, 0.4) is 0 Å². The Hall–Kier alpha value is -2.05. The van der Waals surface area contributed by atoms with E-state index in [9.17, 15) is 22.8 Å². The predicted octanol–water partition coefficient (Wildman–Crippen LogP) is 4.53. The van der Waals surface area contributed by atoms with Gasteiger partial charge in [-0.05, 0) is 86.8 Å². The highest BCUT2D eigenvalue weighted by Gasteiger charge is 2.56. The molecule has 1 N–H and O–H groups in total. The number of benzene rings is 1. The molecule has 5 fully saturated rings. The van der Waals surface area contributed by atoms with Crippen LogP contribution in [0.15, 0.2) is 24.3 Å². The van der Waals surface area contributed by atoms with Crippen LogP contribution in [0.25, 0.3) is 0 Å². The average molecular weight is 435 g/mol. The molecule has 4 saturated carbocycles. The highest BCUT2D eigenvalue weighted by molar-refractivity contribution is 5.91. The van der Waals surface area contributed by atoms with Gasteiger partial charge in [0.15, 0.2) is 0 Å². The SMILES string of the molecule is O=C(NCc1ccc(C(F)(F)F)cc1)C1CCCN1C(=O)C12CC3CC(CC(C3)C1)C2. The van der Waals surface area contributed by atoms with Gasteiger partial charge in [0.1, 0.15) is 6.04 Å². The summed E-state index contributed by atoms with van der Waals surface area (Å²) in [7, 11) is 0. The van der Waals surface area contributed by atoms with E-state index >= 15 is 0 Å². The van der Waals surface area contributed by atoms with Crippen LogP contribution in [0.2, 0.25) is 0 Å². The topological polar surface area (TPSA) is 49.4 Å². The highest BCUT2D eigenvalue weighted by atomic mass is 19.4. The van der Waals surface area contributed by atoms with Gasteiger partial charge in [-0.15, -0.1) is 0 Å². The van der Waals surface area contributed by atoms with Gasteiger partial charge in [0.25, 0.3) is 0 Å². The second-order valence-corrected chi connectivity index (χ2v) is 10.3. The molecule has 168 valence electrons. The van der Waals surface area contributed by atoms with Crippen molar-refractivity contribution in [2.24, 2.45) is 23.2 Å². The van der Waals surface area contributed by atoms with Crippen molar-refractivity contribution in [3.8, 4) is 0 Å². The minimum atomic E-state index is -4.37. The molecule has 1 atom stereocenters. The van der Waals surface area contributed by atoms with Gasteiger partial charge in [-0.1, -0.05) is 12.1 Å². The molecule has 1 aromatic carbocycles. The summed E-state index contributed by atoms with van der Waals surface area (Å²) in [5.41, 5.74) is -0.352. The van der Waals surface area contributed by atoms with Crippen LogP contribution in [-0.2, 0) is 22.3 Å². The number of hydrogen-bond donors (Lipinski definition) is 1. The van der Waals surface area contributed by atoms with Crippen molar-refractivity contribution in [2.45, 2.75) is 70.1 Å². The van der Waals surface area contributed by atoms with Crippen LogP contribution in [0.4, 0.5) is 13.2 Å². The Bertz CT molecular complexity index is 829. The molecule has 1 saturated heterocycles. The van der Waals surface area contributed by atoms with Crippen molar-refractivity contribution in [1.82, 2.24) is 10.2 Å². The fourth-order valence-electron chi connectivity index (χ4n) is 7.08. The van der Waals surface area contributed by atoms with E-state index in [4.69, 9.17) is 0 Å². The van der Waals surface area contributed by atoms with Crippen LogP contribution < -0.4 is 5.32 Å². The minimum Gasteiger partial charge on any atom is -0.350 e. The quantitative estimate of drug-likeness (QED) is 0.757. The third-order valence-corrected chi connectivity index (χ3v) is 8.06. The van der Waals surface area contributed by atoms with E-state index in [2.05, 4.69) is 5.32 Å². The van der Waals surface area contributed by atoms with E-state index in [1.54, 1.807) is 0 Å². The number of halogens is 3. The van der Waals surface area contributed by atoms with E-state index in [1.807, 2.05) is 4.90 Å². The summed E-state index contributed by atoms with van der Waals surface area (Å²) in [5.74, 6) is 1.99. The first kappa shape index (κ1) is 20.8. The van der Waals surface area contributed by atoms with Crippen molar-refractivity contribution in [3.05, 3.63) is 35.4 Å². The fourth-order valence-corrected chi connectivity index (χ4v) is 7.08. The smallest absolute Gasteiger partial charge is 0.350 e. The number of likely N-dealkylation sites (tertiary alicyclic amines) is 1. The summed E-state index contributed by atoms with van der Waals surface area (Å²) in [5, 5.41) is 2.84. The molecule has 4 nitrogen and oxygen atoms in total. The lowest BCUT2D eigenvalue weighted by Gasteiger charge is -2.56. The summed E-state index contributed by atoms with van der Waals surface area (Å²) in [6.45, 7) is 0.784. The average Bonchev–Trinajstić information content (AvgIpc) is 3.20. The first-order chi connectivity index (χ1) is 14.7. The van der Waals surface area contributed by atoms with Gasteiger partial charge >= 0.3 is 6.18 Å². The van der Waals surface area contributed by atoms with Crippen LogP contribution in [0.1, 0.15) is 62.5 Å². The summed E-state index contributed by atoms with van der Waals surface area (Å²) < 4.78 is 38.2. The van der Waals surface area contributed by atoms with E-state index < -0.39 is 17.8 Å². The maximum Gasteiger partial charge on any atom is 0.416 e. The minimum absolute atomic E-state index is 0.160. The predicted molar refractivity (Wildman–Crippen MR) is 109 cm³/mol. The fraction of sp³-hybridized carbons (Fsp3) is 0.667. The molecule has 7 heteroatoms. The summed E-state index contributed by atoms with van der Waals surface area (Å²) in [6, 6.07) is 4.36. The summed E-state index contributed by atoms with van der Waals surface area (Å²) in [6.07, 6.45) is 3.84. The summed E-state index contributed by atoms with van der Waals surface area (Å²) in [4.78, 5) is 28.4. The molecule has 31 heavy (non-hydrogen) atoms. The zero-order valence-corrected chi connectivity index (χ0v) is 17.6. The van der Waals surface area contributed by atoms with Crippen molar-refractivity contribution >= 4 is 11.8 Å². The second kappa shape index (κ2) is 7.52. The number of nitrogens with zero attached hydrogens (tertiary/aromatic N) is 1. The number of nitrogens with one attached hydrogen (secondary N) is 1. The number of rotatable bonds is 4. The van der Waals surface area contributed by atoms with E-state index in [0.717, 1.165) is 37.8 Å². The molecule has 1 heterocycles. The number of alkyl halides is 3. The van der Waals surface area contributed by atoms with Crippen LogP contribution in [0.5, 0.6) is 0 Å². The van der Waals surface area contributed by atoms with Gasteiger partial charge in [0.05, 0.1) is 11.0 Å². The van der Waals surface area contributed by atoms with Crippen LogP contribution in [-0.4, -0.2) is 29.3 Å². The molecule has 5 aliphatic rings. The molecule has 2 amide bonds. The molecule has 1 unspecified atom stereocenters. The molecule has 1 aliphatic heterocycles. The third kappa shape index (κ3) is 3.85. The van der Waals surface area contributed by atoms with Gasteiger partial charge in [-0.25, -0.2) is 0 Å². The second-order valence-electron chi connectivity index (χ2n) is 10.3. The first-order valence-corrected chi connectivity index (χ1v) is 11.5. The van der Waals surface area contributed by atoms with Crippen molar-refractivity contribution < 1.29 is 22.8 Å². The highest BCUT2D eigenvalue weighted by Crippen LogP contribution is 2.60. The maximum absolute atomic E-state index is 13.7. The Labute approximate surface area is 180 Å². The lowest BCUT2D eigenvalue weighted by Crippen LogP contribution is -2.57. The third-order valence-electron chi connectivity index (χ3n) is 8.06. The molecule has 1 aromatic rings. The van der Waals surface area contributed by atoms with Crippen molar-refractivity contribution in [3.63, 3.8) is 0 Å². The Balaban J connectivity index is 1.23. The molecule has 6 rings (SSSR count). The molecule has 0 aromatic heterocycles. The maximum atomic E-state index is 13.7. The van der Waals surface area contributed by atoms with Crippen LogP contribution >= 0.6 is 0 Å². The number of amides is 2. The van der Waals surface area contributed by atoms with Gasteiger partial charge in [0, 0.05) is 13.1 Å². The lowest BCUT2D eigenvalue weighted by molar-refractivity contribution is -0.160. The lowest BCUT2D eigenvalue weighted by atomic mass is 9.49. The van der Waals surface area contributed by atoms with Gasteiger partial charge < -0.3 is 10.2 Å². The zero-order chi connectivity index (χ0) is 21.8. The molecule has 0 spiro atoms. The first-order valence-electron chi connectivity index (χ1n) is 11.5. The van der Waals surface area contributed by atoms with Gasteiger partial charge in [0.2, 0.25) is 11.8 Å². The largest absolute Gasteiger partial charge is 0.416 e. The van der Waals surface area contributed by atoms with Gasteiger partial charge in [-0.3, -0.25) is 9.59 Å². The standard InChI is InChI=1S/C24H29F3N2O2/c25-24(26,27)19-5-3-15(4-6-19)14-28-21(30)20-2-1-7-29(20)22(31)23-11-16-8-17(12-23)10-18(9-16)13-23/h3-6,16-18,20H,1-2,7-14H2,(H,28,30). The Morgan fingerprint density at radius 3 is 2.13 bits per heavy atom. The normalized spacial score (nSPS) is 34.2. The monoisotopic (exact) mass is 434 g/mol. The van der Waals surface area contributed by atoms with Crippen LogP contribution in [0, 0.1) is 23.2 Å². The molecular weight excluding hydrogens is 405 g/mol. The Kier molecular flexibility index (Phi) is 5.05. The number of carbonyl (C=O) groups is 2. The Morgan fingerprint density at radius 2 is 1.58 bits per heavy atom. The van der Waals surface area contributed by atoms with Crippen molar-refractivity contribution in [1.29, 1.82) is 0 Å². The van der Waals surface area contributed by atoms with E-state index in [0.29, 0.717) is 36.3 Å². The molecular formula is C24H29F3N2O2. The van der Waals surface area contributed by atoms with Gasteiger partial charge in [-0.2, -0.15) is 13.2 Å². The molecule has 0 radical (unpaired) electrons. The van der Waals surface area contributed by atoms with Crippen molar-refractivity contribution in [2.75, 3.05) is 6.54 Å². The van der Waals surface area contributed by atoms with E-state index in [-0.39, 0.29) is 23.8 Å².